The first-order chi connectivity index (χ1) is 11.6. The van der Waals surface area contributed by atoms with Crippen LogP contribution in [0.3, 0.4) is 0 Å². The molecule has 0 heterocycles. The fraction of sp³-hybridized carbons (Fsp3) is 0.368. The second-order valence-corrected chi connectivity index (χ2v) is 7.17. The summed E-state index contributed by atoms with van der Waals surface area (Å²) in [7, 11) is 0. The molecule has 2 N–H and O–H groups in total. The van der Waals surface area contributed by atoms with E-state index >= 15 is 0 Å². The van der Waals surface area contributed by atoms with E-state index in [-0.39, 0.29) is 0 Å². The van der Waals surface area contributed by atoms with Crippen molar-refractivity contribution in [1.82, 2.24) is 10.9 Å². The number of amides is 2. The van der Waals surface area contributed by atoms with Crippen LogP contribution in [0, 0.1) is 0 Å². The van der Waals surface area contributed by atoms with Gasteiger partial charge in [0.25, 0.3) is 5.91 Å². The van der Waals surface area contributed by atoms with Crippen LogP contribution in [-0.4, -0.2) is 23.2 Å². The number of fused-ring (bicyclic) bond motifs is 1. The maximum absolute atomic E-state index is 12.4. The van der Waals surface area contributed by atoms with Gasteiger partial charge in [0.2, 0.25) is 0 Å². The van der Waals surface area contributed by atoms with Gasteiger partial charge in [0.15, 0.2) is 5.60 Å². The quantitative estimate of drug-likeness (QED) is 0.835. The van der Waals surface area contributed by atoms with Crippen molar-refractivity contribution in [3.05, 3.63) is 42.5 Å². The first-order valence-corrected chi connectivity index (χ1v) is 8.05. The minimum atomic E-state index is -1.20. The van der Waals surface area contributed by atoms with Crippen molar-refractivity contribution in [3.8, 4) is 5.75 Å². The number of hydrogen-bond acceptors (Lipinski definition) is 4. The molecule has 2 aromatic rings. The minimum absolute atomic E-state index is 0.494. The first-order valence-electron chi connectivity index (χ1n) is 8.05. The molecule has 0 spiro atoms. The Bertz CT molecular complexity index is 773. The van der Waals surface area contributed by atoms with E-state index in [1.54, 1.807) is 40.7 Å². The zero-order valence-electron chi connectivity index (χ0n) is 15.2. The van der Waals surface area contributed by atoms with E-state index in [9.17, 15) is 9.59 Å². The molecule has 0 aliphatic rings. The zero-order chi connectivity index (χ0) is 18.7. The third-order valence-electron chi connectivity index (χ3n) is 3.34. The van der Waals surface area contributed by atoms with Crippen molar-refractivity contribution >= 4 is 22.8 Å². The third-order valence-corrected chi connectivity index (χ3v) is 3.34. The lowest BCUT2D eigenvalue weighted by atomic mass is 10.1. The molecule has 0 aliphatic heterocycles. The number of carbonyl (C=O) groups is 2. The molecule has 0 aromatic heterocycles. The fourth-order valence-electron chi connectivity index (χ4n) is 2.17. The van der Waals surface area contributed by atoms with E-state index in [4.69, 9.17) is 9.47 Å². The molecular weight excluding hydrogens is 320 g/mol. The molecule has 0 radical (unpaired) electrons. The summed E-state index contributed by atoms with van der Waals surface area (Å²) in [5.74, 6) is 0.0989. The zero-order valence-corrected chi connectivity index (χ0v) is 15.2. The highest BCUT2D eigenvalue weighted by Gasteiger charge is 2.31. The molecule has 6 heteroatoms. The van der Waals surface area contributed by atoms with Crippen molar-refractivity contribution in [2.45, 2.75) is 45.8 Å². The van der Waals surface area contributed by atoms with Crippen LogP contribution in [0.2, 0.25) is 0 Å². The summed E-state index contributed by atoms with van der Waals surface area (Å²) in [6, 6.07) is 13.4. The molecule has 0 saturated carbocycles. The molecule has 134 valence electrons. The normalized spacial score (nSPS) is 11.7. The third kappa shape index (κ3) is 5.11. The monoisotopic (exact) mass is 344 g/mol. The number of carbonyl (C=O) groups excluding carboxylic acids is 2. The molecule has 0 fully saturated rings. The molecule has 0 atom stereocenters. The Labute approximate surface area is 147 Å². The fourth-order valence-corrected chi connectivity index (χ4v) is 2.17. The van der Waals surface area contributed by atoms with Gasteiger partial charge in [0.05, 0.1) is 0 Å². The highest BCUT2D eigenvalue weighted by molar-refractivity contribution is 5.90. The molecule has 2 aromatic carbocycles. The van der Waals surface area contributed by atoms with E-state index in [1.807, 2.05) is 36.4 Å². The van der Waals surface area contributed by atoms with Gasteiger partial charge in [-0.05, 0) is 46.1 Å². The second kappa shape index (κ2) is 7.01. The van der Waals surface area contributed by atoms with Gasteiger partial charge in [-0.15, -0.1) is 0 Å². The van der Waals surface area contributed by atoms with Crippen LogP contribution < -0.4 is 15.6 Å². The van der Waals surface area contributed by atoms with Crippen molar-refractivity contribution in [2.24, 2.45) is 0 Å². The maximum Gasteiger partial charge on any atom is 0.426 e. The van der Waals surface area contributed by atoms with Gasteiger partial charge in [-0.2, -0.15) is 0 Å². The predicted molar refractivity (Wildman–Crippen MR) is 96.2 cm³/mol. The highest BCUT2D eigenvalue weighted by Crippen LogP contribution is 2.28. The molecule has 25 heavy (non-hydrogen) atoms. The molecule has 6 nitrogen and oxygen atoms in total. The predicted octanol–water partition coefficient (Wildman–Crippen LogP) is 3.55. The van der Waals surface area contributed by atoms with Crippen LogP contribution in [0.25, 0.3) is 10.8 Å². The van der Waals surface area contributed by atoms with Crippen LogP contribution >= 0.6 is 0 Å². The largest absolute Gasteiger partial charge is 0.477 e. The van der Waals surface area contributed by atoms with Gasteiger partial charge < -0.3 is 9.47 Å². The Kier molecular flexibility index (Phi) is 5.21. The first kappa shape index (κ1) is 18.6. The number of nitrogens with one attached hydrogen (secondary N) is 2. The smallest absolute Gasteiger partial charge is 0.426 e. The van der Waals surface area contributed by atoms with Crippen molar-refractivity contribution < 1.29 is 19.1 Å². The standard InChI is InChI=1S/C19H24N2O4/c1-18(2,3)25-17(23)21-20-16(22)19(4,5)24-15-12-8-10-13-9-6-7-11-14(13)15/h6-12H,1-5H3,(H,20,22)(H,21,23). The maximum atomic E-state index is 12.4. The number of rotatable bonds is 3. The Balaban J connectivity index is 2.05. The summed E-state index contributed by atoms with van der Waals surface area (Å²) in [5, 5.41) is 1.93. The van der Waals surface area contributed by atoms with E-state index in [0.29, 0.717) is 5.75 Å². The van der Waals surface area contributed by atoms with Gasteiger partial charge in [-0.3, -0.25) is 10.2 Å². The van der Waals surface area contributed by atoms with Gasteiger partial charge in [0, 0.05) is 5.39 Å². The van der Waals surface area contributed by atoms with Gasteiger partial charge in [-0.25, -0.2) is 10.2 Å². The summed E-state index contributed by atoms with van der Waals surface area (Å²) < 4.78 is 11.0. The average molecular weight is 344 g/mol. The van der Waals surface area contributed by atoms with Crippen LogP contribution in [0.15, 0.2) is 42.5 Å². The molecule has 0 saturated heterocycles. The highest BCUT2D eigenvalue weighted by atomic mass is 16.6. The summed E-state index contributed by atoms with van der Waals surface area (Å²) in [6.45, 7) is 8.47. The topological polar surface area (TPSA) is 76.7 Å². The van der Waals surface area contributed by atoms with Gasteiger partial charge in [-0.1, -0.05) is 36.4 Å². The van der Waals surface area contributed by atoms with E-state index < -0.39 is 23.2 Å². The molecule has 0 unspecified atom stereocenters. The lowest BCUT2D eigenvalue weighted by Gasteiger charge is -2.26. The van der Waals surface area contributed by atoms with Gasteiger partial charge in [0.1, 0.15) is 11.4 Å². The summed E-state index contributed by atoms with van der Waals surface area (Å²) >= 11 is 0. The van der Waals surface area contributed by atoms with E-state index in [1.165, 1.54) is 0 Å². The molecule has 0 bridgehead atoms. The lowest BCUT2D eigenvalue weighted by molar-refractivity contribution is -0.135. The second-order valence-electron chi connectivity index (χ2n) is 7.17. The SMILES string of the molecule is CC(C)(C)OC(=O)NNC(=O)C(C)(C)Oc1cccc2ccccc12. The average Bonchev–Trinajstić information content (AvgIpc) is 2.51. The van der Waals surface area contributed by atoms with Gasteiger partial charge >= 0.3 is 6.09 Å². The van der Waals surface area contributed by atoms with Crippen LogP contribution in [0.1, 0.15) is 34.6 Å². The summed E-state index contributed by atoms with van der Waals surface area (Å²) in [5.41, 5.74) is 2.71. The summed E-state index contributed by atoms with van der Waals surface area (Å²) in [4.78, 5) is 24.0. The molecule has 2 amide bonds. The molecule has 2 rings (SSSR count). The van der Waals surface area contributed by atoms with Crippen LogP contribution in [0.4, 0.5) is 4.79 Å². The van der Waals surface area contributed by atoms with E-state index in [0.717, 1.165) is 10.8 Å². The van der Waals surface area contributed by atoms with Crippen molar-refractivity contribution in [3.63, 3.8) is 0 Å². The Morgan fingerprint density at radius 1 is 0.880 bits per heavy atom. The Hall–Kier alpha value is -2.76. The van der Waals surface area contributed by atoms with Crippen molar-refractivity contribution in [2.75, 3.05) is 0 Å². The van der Waals surface area contributed by atoms with Crippen molar-refractivity contribution in [1.29, 1.82) is 0 Å². The number of ether oxygens (including phenoxy) is 2. The number of hydrazine groups is 1. The Morgan fingerprint density at radius 3 is 2.20 bits per heavy atom. The molecular formula is C19H24N2O4. The Morgan fingerprint density at radius 2 is 1.52 bits per heavy atom. The van der Waals surface area contributed by atoms with E-state index in [2.05, 4.69) is 10.9 Å². The number of hydrogen-bond donors (Lipinski definition) is 2. The minimum Gasteiger partial charge on any atom is -0.477 e. The van der Waals surface area contributed by atoms with Crippen LogP contribution in [-0.2, 0) is 9.53 Å². The van der Waals surface area contributed by atoms with Crippen LogP contribution in [0.5, 0.6) is 5.75 Å². The lowest BCUT2D eigenvalue weighted by Crippen LogP contribution is -2.53. The number of benzene rings is 2. The summed E-state index contributed by atoms with van der Waals surface area (Å²) in [6.07, 6.45) is -0.734. The molecule has 0 aliphatic carbocycles.